The highest BCUT2D eigenvalue weighted by atomic mass is 32.2. The molecule has 0 aliphatic heterocycles. The summed E-state index contributed by atoms with van der Waals surface area (Å²) in [7, 11) is 0. The van der Waals surface area contributed by atoms with E-state index in [0.717, 1.165) is 44.3 Å². The lowest BCUT2D eigenvalue weighted by molar-refractivity contribution is 0.528. The maximum absolute atomic E-state index is 5.93. The zero-order chi connectivity index (χ0) is 23.8. The van der Waals surface area contributed by atoms with Crippen LogP contribution in [0.1, 0.15) is 17.0 Å². The molecule has 0 fully saturated rings. The third-order valence-electron chi connectivity index (χ3n) is 5.91. The Hall–Kier alpha value is -4.17. The van der Waals surface area contributed by atoms with Crippen molar-refractivity contribution in [1.29, 1.82) is 0 Å². The van der Waals surface area contributed by atoms with Gasteiger partial charge in [-0.15, -0.1) is 20.4 Å². The fourth-order valence-corrected chi connectivity index (χ4v) is 4.86. The first-order chi connectivity index (χ1) is 17.2. The highest BCUT2D eigenvalue weighted by Crippen LogP contribution is 2.34. The fourth-order valence-electron chi connectivity index (χ4n) is 4.08. The van der Waals surface area contributed by atoms with Gasteiger partial charge >= 0.3 is 0 Å². The standard InChI is InChI=1S/C27H22N6OS/c1-17-11-13-19(14-12-17)26-31-29-24(34-26)16-35-27-32-30-25(33(27)23-10-6-3-7-18(23)2)21-15-28-22-9-5-4-8-20(21)22/h3-15,28H,16H2,1-2H3. The summed E-state index contributed by atoms with van der Waals surface area (Å²) in [5.74, 6) is 2.32. The normalized spacial score (nSPS) is 11.4. The van der Waals surface area contributed by atoms with Gasteiger partial charge in [-0.3, -0.25) is 4.57 Å². The number of H-pyrrole nitrogens is 1. The molecule has 3 aromatic carbocycles. The molecule has 0 atom stereocenters. The molecule has 0 bridgehead atoms. The second-order valence-corrected chi connectivity index (χ2v) is 9.27. The van der Waals surface area contributed by atoms with Gasteiger partial charge in [0.15, 0.2) is 11.0 Å². The fraction of sp³-hybridized carbons (Fsp3) is 0.111. The maximum Gasteiger partial charge on any atom is 0.247 e. The summed E-state index contributed by atoms with van der Waals surface area (Å²) in [6, 6.07) is 24.5. The first kappa shape index (κ1) is 21.4. The predicted octanol–water partition coefficient (Wildman–Crippen LogP) is 6.37. The van der Waals surface area contributed by atoms with Gasteiger partial charge in [-0.1, -0.05) is 65.9 Å². The number of aryl methyl sites for hydroxylation is 2. The summed E-state index contributed by atoms with van der Waals surface area (Å²) < 4.78 is 8.04. The van der Waals surface area contributed by atoms with Crippen LogP contribution in [-0.4, -0.2) is 29.9 Å². The van der Waals surface area contributed by atoms with Gasteiger partial charge in [-0.2, -0.15) is 0 Å². The lowest BCUT2D eigenvalue weighted by Crippen LogP contribution is -2.01. The van der Waals surface area contributed by atoms with Gasteiger partial charge in [0.05, 0.1) is 11.4 Å². The van der Waals surface area contributed by atoms with Crippen LogP contribution in [-0.2, 0) is 5.75 Å². The molecule has 35 heavy (non-hydrogen) atoms. The first-order valence-corrected chi connectivity index (χ1v) is 12.3. The number of thioether (sulfide) groups is 1. The number of nitrogens with zero attached hydrogens (tertiary/aromatic N) is 5. The van der Waals surface area contributed by atoms with Gasteiger partial charge < -0.3 is 9.40 Å². The maximum atomic E-state index is 5.93. The quantitative estimate of drug-likeness (QED) is 0.280. The molecular formula is C27H22N6OS. The zero-order valence-corrected chi connectivity index (χ0v) is 20.1. The van der Waals surface area contributed by atoms with Crippen molar-refractivity contribution in [3.8, 4) is 28.5 Å². The second kappa shape index (κ2) is 8.88. The third kappa shape index (κ3) is 4.02. The Labute approximate surface area is 206 Å². The van der Waals surface area contributed by atoms with Crippen LogP contribution in [0.5, 0.6) is 0 Å². The number of para-hydroxylation sites is 2. The van der Waals surface area contributed by atoms with Crippen molar-refractivity contribution in [2.75, 3.05) is 0 Å². The minimum atomic E-state index is 0.483. The van der Waals surface area contributed by atoms with Crippen molar-refractivity contribution < 1.29 is 4.42 Å². The van der Waals surface area contributed by atoms with E-state index >= 15 is 0 Å². The summed E-state index contributed by atoms with van der Waals surface area (Å²) in [5, 5.41) is 19.5. The van der Waals surface area contributed by atoms with Crippen LogP contribution in [0.3, 0.4) is 0 Å². The number of aromatic amines is 1. The molecule has 0 amide bonds. The Bertz CT molecular complexity index is 1630. The number of fused-ring (bicyclic) bond motifs is 1. The SMILES string of the molecule is Cc1ccc(-c2nnc(CSc3nnc(-c4c[nH]c5ccccc45)n3-c3ccccc3C)o2)cc1. The molecule has 172 valence electrons. The topological polar surface area (TPSA) is 85.4 Å². The van der Waals surface area contributed by atoms with Crippen molar-refractivity contribution in [2.24, 2.45) is 0 Å². The average Bonchev–Trinajstić information content (AvgIpc) is 3.62. The molecule has 0 aliphatic carbocycles. The molecule has 0 radical (unpaired) electrons. The van der Waals surface area contributed by atoms with Crippen LogP contribution >= 0.6 is 11.8 Å². The van der Waals surface area contributed by atoms with Gasteiger partial charge in [-0.05, 0) is 43.7 Å². The molecule has 0 saturated heterocycles. The molecule has 0 aliphatic rings. The van der Waals surface area contributed by atoms with Crippen LogP contribution in [0.4, 0.5) is 0 Å². The Balaban J connectivity index is 1.36. The van der Waals surface area contributed by atoms with E-state index < -0.39 is 0 Å². The summed E-state index contributed by atoms with van der Waals surface area (Å²) in [6.07, 6.45) is 1.99. The zero-order valence-electron chi connectivity index (χ0n) is 19.3. The predicted molar refractivity (Wildman–Crippen MR) is 137 cm³/mol. The van der Waals surface area contributed by atoms with Crippen LogP contribution in [0, 0.1) is 13.8 Å². The van der Waals surface area contributed by atoms with Crippen molar-refractivity contribution in [3.63, 3.8) is 0 Å². The lowest BCUT2D eigenvalue weighted by Gasteiger charge is -2.12. The molecular weight excluding hydrogens is 456 g/mol. The molecule has 1 N–H and O–H groups in total. The van der Waals surface area contributed by atoms with Gasteiger partial charge in [-0.25, -0.2) is 0 Å². The largest absolute Gasteiger partial charge is 0.420 e. The van der Waals surface area contributed by atoms with E-state index in [4.69, 9.17) is 4.42 Å². The van der Waals surface area contributed by atoms with Crippen molar-refractivity contribution in [2.45, 2.75) is 24.8 Å². The van der Waals surface area contributed by atoms with Gasteiger partial charge in [0.25, 0.3) is 0 Å². The summed E-state index contributed by atoms with van der Waals surface area (Å²) in [5.41, 5.74) is 6.32. The average molecular weight is 479 g/mol. The smallest absolute Gasteiger partial charge is 0.247 e. The summed E-state index contributed by atoms with van der Waals surface area (Å²) in [4.78, 5) is 3.35. The number of aromatic nitrogens is 6. The molecule has 6 rings (SSSR count). The molecule has 0 spiro atoms. The first-order valence-electron chi connectivity index (χ1n) is 11.3. The summed E-state index contributed by atoms with van der Waals surface area (Å²) in [6.45, 7) is 4.14. The Morgan fingerprint density at radius 2 is 1.66 bits per heavy atom. The van der Waals surface area contributed by atoms with E-state index in [1.54, 1.807) is 0 Å². The van der Waals surface area contributed by atoms with Gasteiger partial charge in [0.1, 0.15) is 0 Å². The monoisotopic (exact) mass is 478 g/mol. The highest BCUT2D eigenvalue weighted by Gasteiger charge is 2.21. The molecule has 0 unspecified atom stereocenters. The lowest BCUT2D eigenvalue weighted by atomic mass is 10.1. The van der Waals surface area contributed by atoms with Crippen molar-refractivity contribution in [3.05, 3.63) is 96.0 Å². The van der Waals surface area contributed by atoms with E-state index in [2.05, 4.69) is 68.1 Å². The Kier molecular flexibility index (Phi) is 5.42. The van der Waals surface area contributed by atoms with E-state index in [1.165, 1.54) is 17.3 Å². The minimum absolute atomic E-state index is 0.483. The number of hydrogen-bond acceptors (Lipinski definition) is 6. The Morgan fingerprint density at radius 3 is 2.51 bits per heavy atom. The van der Waals surface area contributed by atoms with Crippen LogP contribution in [0.25, 0.3) is 39.4 Å². The minimum Gasteiger partial charge on any atom is -0.420 e. The van der Waals surface area contributed by atoms with E-state index in [9.17, 15) is 0 Å². The number of hydrogen-bond donors (Lipinski definition) is 1. The molecule has 3 heterocycles. The van der Waals surface area contributed by atoms with E-state index in [0.29, 0.717) is 17.5 Å². The van der Waals surface area contributed by atoms with Gasteiger partial charge in [0, 0.05) is 28.2 Å². The van der Waals surface area contributed by atoms with E-state index in [-0.39, 0.29) is 0 Å². The molecule has 7 nitrogen and oxygen atoms in total. The van der Waals surface area contributed by atoms with Crippen LogP contribution in [0.15, 0.2) is 88.6 Å². The number of nitrogens with one attached hydrogen (secondary N) is 1. The number of benzene rings is 3. The Morgan fingerprint density at radius 1 is 0.857 bits per heavy atom. The second-order valence-electron chi connectivity index (χ2n) is 8.33. The third-order valence-corrected chi connectivity index (χ3v) is 6.82. The van der Waals surface area contributed by atoms with Crippen molar-refractivity contribution >= 4 is 22.7 Å². The molecule has 8 heteroatoms. The van der Waals surface area contributed by atoms with Crippen molar-refractivity contribution in [1.82, 2.24) is 29.9 Å². The molecule has 6 aromatic rings. The van der Waals surface area contributed by atoms with Crippen LogP contribution < -0.4 is 0 Å². The molecule has 3 aromatic heterocycles. The highest BCUT2D eigenvalue weighted by molar-refractivity contribution is 7.98. The van der Waals surface area contributed by atoms with Crippen LogP contribution in [0.2, 0.25) is 0 Å². The summed E-state index contributed by atoms with van der Waals surface area (Å²) >= 11 is 1.52. The molecule has 0 saturated carbocycles. The van der Waals surface area contributed by atoms with Gasteiger partial charge in [0.2, 0.25) is 11.8 Å². The van der Waals surface area contributed by atoms with E-state index in [1.807, 2.05) is 54.7 Å². The number of rotatable bonds is 6.